The zero-order valence-corrected chi connectivity index (χ0v) is 11.2. The summed E-state index contributed by atoms with van der Waals surface area (Å²) in [5.74, 6) is -1.93. The molecule has 0 radical (unpaired) electrons. The van der Waals surface area contributed by atoms with E-state index in [1.807, 2.05) is 0 Å². The topological polar surface area (TPSA) is 58.9 Å². The van der Waals surface area contributed by atoms with Crippen LogP contribution in [0.25, 0.3) is 0 Å². The van der Waals surface area contributed by atoms with Crippen molar-refractivity contribution in [3.8, 4) is 0 Å². The Morgan fingerprint density at radius 3 is 2.74 bits per heavy atom. The molecule has 1 aliphatic rings. The summed E-state index contributed by atoms with van der Waals surface area (Å²) in [6.45, 7) is 0. The average molecular weight is 308 g/mol. The quantitative estimate of drug-likeness (QED) is 0.489. The van der Waals surface area contributed by atoms with Crippen LogP contribution in [0.5, 0.6) is 0 Å². The number of ether oxygens (including phenoxy) is 1. The maximum absolute atomic E-state index is 13.3. The van der Waals surface area contributed by atoms with Gasteiger partial charge in [0.05, 0.1) is 29.1 Å². The van der Waals surface area contributed by atoms with Crippen LogP contribution in [0.4, 0.5) is 4.39 Å². The van der Waals surface area contributed by atoms with Crippen LogP contribution in [0.1, 0.15) is 16.8 Å². The van der Waals surface area contributed by atoms with E-state index in [1.54, 1.807) is 0 Å². The lowest BCUT2D eigenvalue weighted by atomic mass is 10.2. The summed E-state index contributed by atoms with van der Waals surface area (Å²) in [5, 5.41) is 0.744. The molecule has 1 saturated heterocycles. The number of esters is 1. The monoisotopic (exact) mass is 307 g/mol. The summed E-state index contributed by atoms with van der Waals surface area (Å²) in [5.41, 5.74) is -0.0871. The SMILES string of the molecule is COC(=O)CC1ON1C(=O)c1cc(F)c(Cl)cc1Cl. The first-order chi connectivity index (χ1) is 8.93. The van der Waals surface area contributed by atoms with E-state index in [9.17, 15) is 14.0 Å². The summed E-state index contributed by atoms with van der Waals surface area (Å²) >= 11 is 11.3. The highest BCUT2D eigenvalue weighted by molar-refractivity contribution is 6.36. The van der Waals surface area contributed by atoms with Gasteiger partial charge < -0.3 is 4.74 Å². The third-order valence-electron chi connectivity index (χ3n) is 2.46. The lowest BCUT2D eigenvalue weighted by Gasteiger charge is -2.04. The number of nitrogens with zero attached hydrogens (tertiary/aromatic N) is 1. The van der Waals surface area contributed by atoms with Gasteiger partial charge in [-0.1, -0.05) is 23.2 Å². The molecule has 1 aromatic rings. The van der Waals surface area contributed by atoms with Crippen molar-refractivity contribution in [3.05, 3.63) is 33.6 Å². The number of hydroxylamine groups is 2. The summed E-state index contributed by atoms with van der Waals surface area (Å²) in [7, 11) is 1.22. The molecule has 5 nitrogen and oxygen atoms in total. The number of rotatable bonds is 3. The molecule has 0 aliphatic carbocycles. The third-order valence-corrected chi connectivity index (χ3v) is 3.06. The van der Waals surface area contributed by atoms with Gasteiger partial charge in [-0.15, -0.1) is 0 Å². The average Bonchev–Trinajstić information content (AvgIpc) is 3.12. The first-order valence-corrected chi connectivity index (χ1v) is 5.91. The number of benzene rings is 1. The Morgan fingerprint density at radius 2 is 2.11 bits per heavy atom. The number of amides is 1. The predicted molar refractivity (Wildman–Crippen MR) is 64.1 cm³/mol. The molecule has 0 saturated carbocycles. The maximum Gasteiger partial charge on any atom is 0.310 e. The van der Waals surface area contributed by atoms with Crippen molar-refractivity contribution in [2.45, 2.75) is 12.6 Å². The smallest absolute Gasteiger partial charge is 0.310 e. The summed E-state index contributed by atoms with van der Waals surface area (Å²) in [6, 6.07) is 2.05. The molecule has 1 fully saturated rings. The second kappa shape index (κ2) is 5.32. The van der Waals surface area contributed by atoms with Crippen LogP contribution in [0.3, 0.4) is 0 Å². The molecule has 1 atom stereocenters. The Balaban J connectivity index is 2.10. The van der Waals surface area contributed by atoms with Crippen LogP contribution >= 0.6 is 23.2 Å². The van der Waals surface area contributed by atoms with Gasteiger partial charge >= 0.3 is 5.97 Å². The minimum Gasteiger partial charge on any atom is -0.469 e. The minimum atomic E-state index is -0.763. The van der Waals surface area contributed by atoms with E-state index in [-0.39, 0.29) is 22.0 Å². The van der Waals surface area contributed by atoms with Gasteiger partial charge in [-0.2, -0.15) is 5.06 Å². The van der Waals surface area contributed by atoms with Crippen molar-refractivity contribution >= 4 is 35.1 Å². The molecule has 102 valence electrons. The highest BCUT2D eigenvalue weighted by Gasteiger charge is 2.44. The molecule has 2 rings (SSSR count). The molecule has 1 heterocycles. The van der Waals surface area contributed by atoms with Gasteiger partial charge in [0.1, 0.15) is 5.82 Å². The molecule has 8 heteroatoms. The number of hydrogen-bond donors (Lipinski definition) is 0. The van der Waals surface area contributed by atoms with Gasteiger partial charge in [-0.3, -0.25) is 9.59 Å². The number of methoxy groups -OCH3 is 1. The normalized spacial score (nSPS) is 17.3. The highest BCUT2D eigenvalue weighted by Crippen LogP contribution is 2.31. The lowest BCUT2D eigenvalue weighted by molar-refractivity contribution is -0.140. The van der Waals surface area contributed by atoms with E-state index in [4.69, 9.17) is 28.0 Å². The van der Waals surface area contributed by atoms with Crippen molar-refractivity contribution in [2.24, 2.45) is 0 Å². The molecule has 1 amide bonds. The Hall–Kier alpha value is -1.37. The first kappa shape index (κ1) is 14.0. The summed E-state index contributed by atoms with van der Waals surface area (Å²) < 4.78 is 17.7. The van der Waals surface area contributed by atoms with E-state index < -0.39 is 23.9 Å². The Labute approximate surface area is 117 Å². The van der Waals surface area contributed by atoms with Gasteiger partial charge in [-0.05, 0) is 12.1 Å². The lowest BCUT2D eigenvalue weighted by Crippen LogP contribution is -2.16. The largest absolute Gasteiger partial charge is 0.469 e. The third kappa shape index (κ3) is 2.97. The fraction of sp³-hybridized carbons (Fsp3) is 0.273. The van der Waals surface area contributed by atoms with Crippen LogP contribution in [-0.4, -0.2) is 30.3 Å². The fourth-order valence-electron chi connectivity index (χ4n) is 1.43. The van der Waals surface area contributed by atoms with Crippen LogP contribution in [-0.2, 0) is 14.4 Å². The molecule has 1 aromatic carbocycles. The van der Waals surface area contributed by atoms with E-state index in [2.05, 4.69) is 4.74 Å². The second-order valence-corrected chi connectivity index (χ2v) is 4.53. The van der Waals surface area contributed by atoms with Crippen molar-refractivity contribution in [2.75, 3.05) is 7.11 Å². The van der Waals surface area contributed by atoms with Crippen LogP contribution in [0.15, 0.2) is 12.1 Å². The summed E-state index contributed by atoms with van der Waals surface area (Å²) in [6.07, 6.45) is -0.814. The van der Waals surface area contributed by atoms with Crippen molar-refractivity contribution in [3.63, 3.8) is 0 Å². The number of halogens is 3. The zero-order valence-electron chi connectivity index (χ0n) is 9.65. The molecule has 1 aliphatic heterocycles. The summed E-state index contributed by atoms with van der Waals surface area (Å²) in [4.78, 5) is 27.8. The molecular formula is C11H8Cl2FNO4. The first-order valence-electron chi connectivity index (χ1n) is 5.15. The molecule has 0 aromatic heterocycles. The van der Waals surface area contributed by atoms with Gasteiger partial charge in [0.2, 0.25) is 0 Å². The predicted octanol–water partition coefficient (Wildman–Crippen LogP) is 2.41. The van der Waals surface area contributed by atoms with Gasteiger partial charge in [0, 0.05) is 0 Å². The van der Waals surface area contributed by atoms with Gasteiger partial charge in [-0.25, -0.2) is 9.23 Å². The number of carbonyl (C=O) groups excluding carboxylic acids is 2. The van der Waals surface area contributed by atoms with Crippen LogP contribution in [0.2, 0.25) is 10.0 Å². The minimum absolute atomic E-state index is 0.00344. The van der Waals surface area contributed by atoms with E-state index >= 15 is 0 Å². The molecular weight excluding hydrogens is 300 g/mol. The Kier molecular flexibility index (Phi) is 3.93. The Morgan fingerprint density at radius 1 is 1.42 bits per heavy atom. The van der Waals surface area contributed by atoms with Crippen LogP contribution < -0.4 is 0 Å². The van der Waals surface area contributed by atoms with E-state index in [1.165, 1.54) is 7.11 Å². The number of carbonyl (C=O) groups is 2. The molecule has 0 bridgehead atoms. The van der Waals surface area contributed by atoms with E-state index in [0.717, 1.165) is 17.2 Å². The highest BCUT2D eigenvalue weighted by atomic mass is 35.5. The molecule has 19 heavy (non-hydrogen) atoms. The van der Waals surface area contributed by atoms with E-state index in [0.29, 0.717) is 0 Å². The Bertz CT molecular complexity index is 552. The molecule has 0 N–H and O–H groups in total. The van der Waals surface area contributed by atoms with Crippen LogP contribution in [0, 0.1) is 5.82 Å². The van der Waals surface area contributed by atoms with Gasteiger partial charge in [0.25, 0.3) is 5.91 Å². The fourth-order valence-corrected chi connectivity index (χ4v) is 1.90. The molecule has 1 unspecified atom stereocenters. The van der Waals surface area contributed by atoms with Crippen molar-refractivity contribution in [1.82, 2.24) is 5.06 Å². The van der Waals surface area contributed by atoms with Gasteiger partial charge in [0.15, 0.2) is 6.23 Å². The molecule has 0 spiro atoms. The number of hydrogen-bond acceptors (Lipinski definition) is 4. The second-order valence-electron chi connectivity index (χ2n) is 3.72. The standard InChI is InChI=1S/C11H8Cl2FNO4/c1-18-10(16)4-9-15(19-9)11(17)5-2-8(14)7(13)3-6(5)12/h2-3,9H,4H2,1H3. The van der Waals surface area contributed by atoms with Crippen molar-refractivity contribution in [1.29, 1.82) is 0 Å². The maximum atomic E-state index is 13.3. The zero-order chi connectivity index (χ0) is 14.2. The van der Waals surface area contributed by atoms with Crippen molar-refractivity contribution < 1.29 is 23.6 Å².